The second-order valence-electron chi connectivity index (χ2n) is 5.01. The van der Waals surface area contributed by atoms with Crippen molar-refractivity contribution in [3.8, 4) is 0 Å². The van der Waals surface area contributed by atoms with E-state index in [9.17, 15) is 0 Å². The second kappa shape index (κ2) is 7.08. The largest absolute Gasteiger partial charge is 0.396 e. The zero-order valence-corrected chi connectivity index (χ0v) is 12.2. The van der Waals surface area contributed by atoms with Gasteiger partial charge in [0.15, 0.2) is 0 Å². The van der Waals surface area contributed by atoms with Crippen molar-refractivity contribution in [3.63, 3.8) is 0 Å². The van der Waals surface area contributed by atoms with Crippen LogP contribution < -0.4 is 5.32 Å². The molecule has 2 heterocycles. The molecule has 0 saturated carbocycles. The summed E-state index contributed by atoms with van der Waals surface area (Å²) >= 11 is 6.23. The average molecular weight is 284 g/mol. The second-order valence-corrected chi connectivity index (χ2v) is 5.41. The van der Waals surface area contributed by atoms with Crippen LogP contribution in [-0.4, -0.2) is 41.2 Å². The summed E-state index contributed by atoms with van der Waals surface area (Å²) in [7, 11) is 1.86. The number of hydrogen-bond donors (Lipinski definition) is 2. The van der Waals surface area contributed by atoms with E-state index in [1.54, 1.807) is 0 Å². The van der Waals surface area contributed by atoms with Gasteiger partial charge in [0.05, 0.1) is 10.7 Å². The first kappa shape index (κ1) is 14.6. The lowest BCUT2D eigenvalue weighted by Gasteiger charge is -2.24. The third kappa shape index (κ3) is 3.81. The summed E-state index contributed by atoms with van der Waals surface area (Å²) in [6, 6.07) is 4.34. The van der Waals surface area contributed by atoms with Crippen molar-refractivity contribution in [2.24, 2.45) is 0 Å². The van der Waals surface area contributed by atoms with Crippen LogP contribution in [0.15, 0.2) is 12.1 Å². The number of aliphatic hydroxyl groups is 1. The van der Waals surface area contributed by atoms with E-state index < -0.39 is 0 Å². The van der Waals surface area contributed by atoms with E-state index in [0.29, 0.717) is 6.04 Å². The molecule has 2 N–H and O–H groups in total. The fraction of sp³-hybridized carbons (Fsp3) is 0.643. The molecule has 0 aromatic carbocycles. The topological polar surface area (TPSA) is 48.4 Å². The van der Waals surface area contributed by atoms with E-state index in [0.717, 1.165) is 42.5 Å². The number of aliphatic hydroxyl groups excluding tert-OH is 1. The average Bonchev–Trinajstić information content (AvgIpc) is 2.86. The summed E-state index contributed by atoms with van der Waals surface area (Å²) in [6.07, 6.45) is 4.36. The first-order chi connectivity index (χ1) is 9.24. The highest BCUT2D eigenvalue weighted by molar-refractivity contribution is 6.31. The quantitative estimate of drug-likeness (QED) is 0.842. The SMILES string of the molecule is CNc1ccc(Cl)c(CN2CCCC2CCCO)n1. The summed E-state index contributed by atoms with van der Waals surface area (Å²) < 4.78 is 0. The molecule has 0 radical (unpaired) electrons. The Kier molecular flexibility index (Phi) is 5.43. The minimum Gasteiger partial charge on any atom is -0.396 e. The molecule has 1 fully saturated rings. The molecular weight excluding hydrogens is 262 g/mol. The van der Waals surface area contributed by atoms with Crippen LogP contribution in [0.1, 0.15) is 31.4 Å². The molecule has 1 atom stereocenters. The van der Waals surface area contributed by atoms with E-state index in [2.05, 4.69) is 15.2 Å². The molecule has 1 aliphatic rings. The number of pyridine rings is 1. The van der Waals surface area contributed by atoms with Gasteiger partial charge in [-0.05, 0) is 44.4 Å². The van der Waals surface area contributed by atoms with Gasteiger partial charge >= 0.3 is 0 Å². The van der Waals surface area contributed by atoms with E-state index in [1.165, 1.54) is 12.8 Å². The van der Waals surface area contributed by atoms with E-state index in [-0.39, 0.29) is 6.61 Å². The third-order valence-electron chi connectivity index (χ3n) is 3.72. The molecule has 19 heavy (non-hydrogen) atoms. The molecule has 0 aliphatic carbocycles. The van der Waals surface area contributed by atoms with E-state index in [1.807, 2.05) is 19.2 Å². The Balaban J connectivity index is 2.03. The monoisotopic (exact) mass is 283 g/mol. The third-order valence-corrected chi connectivity index (χ3v) is 4.07. The van der Waals surface area contributed by atoms with Gasteiger partial charge < -0.3 is 10.4 Å². The Morgan fingerprint density at radius 2 is 2.37 bits per heavy atom. The van der Waals surface area contributed by atoms with Gasteiger partial charge in [-0.25, -0.2) is 4.98 Å². The Labute approximate surface area is 119 Å². The Bertz CT molecular complexity index is 414. The highest BCUT2D eigenvalue weighted by Crippen LogP contribution is 2.26. The molecule has 1 saturated heterocycles. The normalized spacial score (nSPS) is 19.8. The summed E-state index contributed by atoms with van der Waals surface area (Å²) in [6.45, 7) is 2.17. The number of rotatable bonds is 6. The minimum absolute atomic E-state index is 0.276. The van der Waals surface area contributed by atoms with Crippen LogP contribution in [0, 0.1) is 0 Å². The molecule has 1 aromatic heterocycles. The molecule has 0 spiro atoms. The zero-order chi connectivity index (χ0) is 13.7. The van der Waals surface area contributed by atoms with Gasteiger partial charge in [-0.3, -0.25) is 4.90 Å². The van der Waals surface area contributed by atoms with Gasteiger partial charge in [-0.15, -0.1) is 0 Å². The van der Waals surface area contributed by atoms with Gasteiger partial charge in [0, 0.05) is 26.2 Å². The first-order valence-corrected chi connectivity index (χ1v) is 7.30. The maximum Gasteiger partial charge on any atom is 0.126 e. The predicted octanol–water partition coefficient (Wildman–Crippen LogP) is 2.51. The number of nitrogens with zero attached hydrogens (tertiary/aromatic N) is 2. The maximum atomic E-state index is 8.95. The van der Waals surface area contributed by atoms with Gasteiger partial charge in [-0.1, -0.05) is 11.6 Å². The van der Waals surface area contributed by atoms with Crippen molar-refractivity contribution < 1.29 is 5.11 Å². The number of likely N-dealkylation sites (tertiary alicyclic amines) is 1. The molecule has 106 valence electrons. The van der Waals surface area contributed by atoms with Crippen LogP contribution in [0.5, 0.6) is 0 Å². The smallest absolute Gasteiger partial charge is 0.126 e. The van der Waals surface area contributed by atoms with E-state index in [4.69, 9.17) is 16.7 Å². The van der Waals surface area contributed by atoms with Gasteiger partial charge in [0.2, 0.25) is 0 Å². The van der Waals surface area contributed by atoms with Crippen LogP contribution in [-0.2, 0) is 6.54 Å². The molecular formula is C14H22ClN3O. The fourth-order valence-corrected chi connectivity index (χ4v) is 2.85. The lowest BCUT2D eigenvalue weighted by atomic mass is 10.1. The summed E-state index contributed by atoms with van der Waals surface area (Å²) in [4.78, 5) is 6.97. The number of nitrogens with one attached hydrogen (secondary N) is 1. The number of hydrogen-bond acceptors (Lipinski definition) is 4. The fourth-order valence-electron chi connectivity index (χ4n) is 2.68. The van der Waals surface area contributed by atoms with Crippen molar-refractivity contribution >= 4 is 17.4 Å². The Morgan fingerprint density at radius 1 is 1.53 bits per heavy atom. The van der Waals surface area contributed by atoms with Crippen LogP contribution in [0.4, 0.5) is 5.82 Å². The van der Waals surface area contributed by atoms with Crippen molar-refractivity contribution in [1.29, 1.82) is 0 Å². The van der Waals surface area contributed by atoms with Crippen molar-refractivity contribution in [1.82, 2.24) is 9.88 Å². The number of halogens is 1. The number of anilines is 1. The maximum absolute atomic E-state index is 8.95. The van der Waals surface area contributed by atoms with Crippen LogP contribution in [0.25, 0.3) is 0 Å². The molecule has 1 aromatic rings. The molecule has 0 bridgehead atoms. The highest BCUT2D eigenvalue weighted by atomic mass is 35.5. The van der Waals surface area contributed by atoms with E-state index >= 15 is 0 Å². The molecule has 0 amide bonds. The zero-order valence-electron chi connectivity index (χ0n) is 11.4. The van der Waals surface area contributed by atoms with Crippen LogP contribution in [0.2, 0.25) is 5.02 Å². The van der Waals surface area contributed by atoms with Crippen molar-refractivity contribution in [2.45, 2.75) is 38.3 Å². The molecule has 1 aliphatic heterocycles. The van der Waals surface area contributed by atoms with Gasteiger partial charge in [-0.2, -0.15) is 0 Å². The summed E-state index contributed by atoms with van der Waals surface area (Å²) in [5.74, 6) is 0.852. The lowest BCUT2D eigenvalue weighted by Crippen LogP contribution is -2.29. The highest BCUT2D eigenvalue weighted by Gasteiger charge is 2.24. The summed E-state index contributed by atoms with van der Waals surface area (Å²) in [5.41, 5.74) is 0.935. The molecule has 2 rings (SSSR count). The predicted molar refractivity (Wildman–Crippen MR) is 78.5 cm³/mol. The standard InChI is InChI=1S/C14H22ClN3O/c1-16-14-7-6-12(15)13(17-14)10-18-8-2-4-11(18)5-3-9-19/h6-7,11,19H,2-5,8-10H2,1H3,(H,16,17). The Hall–Kier alpha value is -0.840. The van der Waals surface area contributed by atoms with Gasteiger partial charge in [0.25, 0.3) is 0 Å². The van der Waals surface area contributed by atoms with Crippen molar-refractivity contribution in [2.75, 3.05) is 25.5 Å². The number of aromatic nitrogens is 1. The molecule has 5 heteroatoms. The van der Waals surface area contributed by atoms with Crippen LogP contribution in [0.3, 0.4) is 0 Å². The molecule has 4 nitrogen and oxygen atoms in total. The van der Waals surface area contributed by atoms with Gasteiger partial charge in [0.1, 0.15) is 5.82 Å². The summed E-state index contributed by atoms with van der Waals surface area (Å²) in [5, 5.41) is 12.7. The Morgan fingerprint density at radius 3 is 3.11 bits per heavy atom. The van der Waals surface area contributed by atoms with Crippen LogP contribution >= 0.6 is 11.6 Å². The lowest BCUT2D eigenvalue weighted by molar-refractivity contribution is 0.208. The molecule has 1 unspecified atom stereocenters. The first-order valence-electron chi connectivity index (χ1n) is 6.92. The van der Waals surface area contributed by atoms with Crippen molar-refractivity contribution in [3.05, 3.63) is 22.8 Å². The minimum atomic E-state index is 0.276.